The smallest absolute Gasteiger partial charge is 0.212 e. The molecule has 1 heterocycles. The minimum Gasteiger partial charge on any atom is -0.212 e. The molecular weight excluding hydrogens is 210 g/mol. The van der Waals surface area contributed by atoms with E-state index in [0.29, 0.717) is 5.92 Å². The van der Waals surface area contributed by atoms with Crippen molar-refractivity contribution in [1.82, 2.24) is 4.31 Å². The maximum Gasteiger partial charge on any atom is 0.216 e. The zero-order valence-electron chi connectivity index (χ0n) is 10.2. The number of sulfonamides is 1. The van der Waals surface area contributed by atoms with Crippen LogP contribution in [0.25, 0.3) is 0 Å². The minimum absolute atomic E-state index is 0.248. The third-order valence-corrected chi connectivity index (χ3v) is 5.32. The van der Waals surface area contributed by atoms with Gasteiger partial charge in [0.15, 0.2) is 0 Å². The molecule has 0 radical (unpaired) electrons. The van der Waals surface area contributed by atoms with Crippen molar-refractivity contribution in [1.29, 1.82) is 0 Å². The number of hydrogen-bond acceptors (Lipinski definition) is 2. The van der Waals surface area contributed by atoms with E-state index in [1.807, 2.05) is 0 Å². The van der Waals surface area contributed by atoms with Gasteiger partial charge < -0.3 is 0 Å². The fourth-order valence-electron chi connectivity index (χ4n) is 2.19. The molecule has 1 rings (SSSR count). The molecular formula is C11H23NO2S. The molecule has 1 atom stereocenters. The van der Waals surface area contributed by atoms with Crippen LogP contribution in [0.5, 0.6) is 0 Å². The highest BCUT2D eigenvalue weighted by Crippen LogP contribution is 2.27. The summed E-state index contributed by atoms with van der Waals surface area (Å²) in [5, 5.41) is -0.287. The summed E-state index contributed by atoms with van der Waals surface area (Å²) in [7, 11) is -3.04. The molecule has 0 aliphatic carbocycles. The third-order valence-electron chi connectivity index (χ3n) is 2.99. The van der Waals surface area contributed by atoms with Crippen LogP contribution in [0.15, 0.2) is 0 Å². The molecule has 1 unspecified atom stereocenters. The Morgan fingerprint density at radius 2 is 1.87 bits per heavy atom. The first-order valence-corrected chi connectivity index (χ1v) is 7.36. The summed E-state index contributed by atoms with van der Waals surface area (Å²) in [5.74, 6) is 0.568. The Kier molecular flexibility index (Phi) is 4.18. The van der Waals surface area contributed by atoms with Crippen molar-refractivity contribution < 1.29 is 8.42 Å². The monoisotopic (exact) mass is 233 g/mol. The maximum atomic E-state index is 12.1. The van der Waals surface area contributed by atoms with Crippen LogP contribution in [0.2, 0.25) is 0 Å². The summed E-state index contributed by atoms with van der Waals surface area (Å²) < 4.78 is 25.8. The second-order valence-electron chi connectivity index (χ2n) is 5.13. The molecule has 1 aliphatic heterocycles. The molecule has 0 saturated carbocycles. The standard InChI is InChI=1S/C11H23NO2S/c1-9(2)8-11-6-5-7-12(11)15(13,14)10(3)4/h9-11H,5-8H2,1-4H3. The molecule has 0 aromatic rings. The van der Waals surface area contributed by atoms with Crippen molar-refractivity contribution in [3.8, 4) is 0 Å². The summed E-state index contributed by atoms with van der Waals surface area (Å²) in [6.45, 7) is 8.55. The van der Waals surface area contributed by atoms with Crippen molar-refractivity contribution in [2.75, 3.05) is 6.54 Å². The van der Waals surface area contributed by atoms with Crippen molar-refractivity contribution in [3.05, 3.63) is 0 Å². The van der Waals surface area contributed by atoms with Gasteiger partial charge in [0, 0.05) is 12.6 Å². The van der Waals surface area contributed by atoms with E-state index in [0.717, 1.165) is 25.8 Å². The van der Waals surface area contributed by atoms with E-state index in [1.165, 1.54) is 0 Å². The van der Waals surface area contributed by atoms with Crippen LogP contribution < -0.4 is 0 Å². The van der Waals surface area contributed by atoms with Crippen molar-refractivity contribution in [2.45, 2.75) is 58.2 Å². The molecule has 0 aromatic heterocycles. The fourth-order valence-corrected chi connectivity index (χ4v) is 3.73. The highest BCUT2D eigenvalue weighted by molar-refractivity contribution is 7.89. The largest absolute Gasteiger partial charge is 0.216 e. The van der Waals surface area contributed by atoms with E-state index in [4.69, 9.17) is 0 Å². The Morgan fingerprint density at radius 3 is 2.33 bits per heavy atom. The van der Waals surface area contributed by atoms with Gasteiger partial charge in [-0.3, -0.25) is 0 Å². The first-order valence-electron chi connectivity index (χ1n) is 5.86. The lowest BCUT2D eigenvalue weighted by Gasteiger charge is -2.27. The fraction of sp³-hybridized carbons (Fsp3) is 1.00. The quantitative estimate of drug-likeness (QED) is 0.747. The van der Waals surface area contributed by atoms with Crippen LogP contribution in [0, 0.1) is 5.92 Å². The predicted octanol–water partition coefficient (Wildman–Crippen LogP) is 2.24. The molecule has 1 fully saturated rings. The van der Waals surface area contributed by atoms with Crippen LogP contribution in [0.1, 0.15) is 47.0 Å². The Balaban J connectivity index is 2.77. The van der Waals surface area contributed by atoms with Gasteiger partial charge in [0.2, 0.25) is 10.0 Å². The van der Waals surface area contributed by atoms with Crippen molar-refractivity contribution in [2.24, 2.45) is 5.92 Å². The summed E-state index contributed by atoms with van der Waals surface area (Å²) in [5.41, 5.74) is 0. The lowest BCUT2D eigenvalue weighted by molar-refractivity contribution is 0.335. The van der Waals surface area contributed by atoms with Crippen molar-refractivity contribution in [3.63, 3.8) is 0 Å². The molecule has 1 aliphatic rings. The van der Waals surface area contributed by atoms with E-state index in [-0.39, 0.29) is 11.3 Å². The molecule has 0 bridgehead atoms. The van der Waals surface area contributed by atoms with Gasteiger partial charge in [0.05, 0.1) is 5.25 Å². The second-order valence-corrected chi connectivity index (χ2v) is 7.57. The van der Waals surface area contributed by atoms with Crippen LogP contribution in [0.3, 0.4) is 0 Å². The van der Waals surface area contributed by atoms with Gasteiger partial charge in [-0.2, -0.15) is 4.31 Å². The minimum atomic E-state index is -3.04. The lowest BCUT2D eigenvalue weighted by Crippen LogP contribution is -2.40. The highest BCUT2D eigenvalue weighted by Gasteiger charge is 2.35. The third kappa shape index (κ3) is 2.94. The molecule has 90 valence electrons. The Labute approximate surface area is 93.9 Å². The maximum absolute atomic E-state index is 12.1. The van der Waals surface area contributed by atoms with E-state index < -0.39 is 10.0 Å². The summed E-state index contributed by atoms with van der Waals surface area (Å²) >= 11 is 0. The average Bonchev–Trinajstić information content (AvgIpc) is 2.51. The number of hydrogen-bond donors (Lipinski definition) is 0. The molecule has 0 amide bonds. The van der Waals surface area contributed by atoms with E-state index in [1.54, 1.807) is 18.2 Å². The first-order chi connectivity index (χ1) is 6.85. The number of nitrogens with zero attached hydrogens (tertiary/aromatic N) is 1. The van der Waals surface area contributed by atoms with E-state index >= 15 is 0 Å². The van der Waals surface area contributed by atoms with Crippen LogP contribution in [-0.2, 0) is 10.0 Å². The van der Waals surface area contributed by atoms with E-state index in [9.17, 15) is 8.42 Å². The first kappa shape index (κ1) is 13.0. The zero-order valence-corrected chi connectivity index (χ0v) is 11.0. The highest BCUT2D eigenvalue weighted by atomic mass is 32.2. The van der Waals surface area contributed by atoms with Crippen LogP contribution in [0.4, 0.5) is 0 Å². The molecule has 1 saturated heterocycles. The normalized spacial score (nSPS) is 24.3. The van der Waals surface area contributed by atoms with Gasteiger partial charge in [-0.05, 0) is 39.0 Å². The predicted molar refractivity (Wildman–Crippen MR) is 63.2 cm³/mol. The molecule has 4 heteroatoms. The van der Waals surface area contributed by atoms with Gasteiger partial charge in [0.25, 0.3) is 0 Å². The Morgan fingerprint density at radius 1 is 1.27 bits per heavy atom. The Hall–Kier alpha value is -0.0900. The molecule has 3 nitrogen and oxygen atoms in total. The molecule has 15 heavy (non-hydrogen) atoms. The topological polar surface area (TPSA) is 37.4 Å². The Bertz CT molecular complexity index is 296. The average molecular weight is 233 g/mol. The van der Waals surface area contributed by atoms with Crippen molar-refractivity contribution >= 4 is 10.0 Å². The molecule has 0 N–H and O–H groups in total. The summed E-state index contributed by atoms with van der Waals surface area (Å²) in [6.07, 6.45) is 3.04. The summed E-state index contributed by atoms with van der Waals surface area (Å²) in [4.78, 5) is 0. The SMILES string of the molecule is CC(C)CC1CCCN1S(=O)(=O)C(C)C. The van der Waals surface area contributed by atoms with Gasteiger partial charge in [0.1, 0.15) is 0 Å². The zero-order chi connectivity index (χ0) is 11.6. The van der Waals surface area contributed by atoms with E-state index in [2.05, 4.69) is 13.8 Å². The van der Waals surface area contributed by atoms with Crippen LogP contribution in [-0.4, -0.2) is 30.6 Å². The lowest BCUT2D eigenvalue weighted by atomic mass is 10.0. The number of rotatable bonds is 4. The van der Waals surface area contributed by atoms with Gasteiger partial charge in [-0.1, -0.05) is 13.8 Å². The van der Waals surface area contributed by atoms with Gasteiger partial charge in [-0.25, -0.2) is 8.42 Å². The second kappa shape index (κ2) is 4.83. The van der Waals surface area contributed by atoms with Gasteiger partial charge >= 0.3 is 0 Å². The molecule has 0 spiro atoms. The van der Waals surface area contributed by atoms with Crippen LogP contribution >= 0.6 is 0 Å². The summed E-state index contributed by atoms with van der Waals surface area (Å²) in [6, 6.07) is 0.248. The van der Waals surface area contributed by atoms with Gasteiger partial charge in [-0.15, -0.1) is 0 Å². The molecule has 0 aromatic carbocycles.